The Balaban J connectivity index is 2.22. The van der Waals surface area contributed by atoms with E-state index in [1.807, 2.05) is 0 Å². The van der Waals surface area contributed by atoms with Gasteiger partial charge in [0.05, 0.1) is 0 Å². The van der Waals surface area contributed by atoms with Crippen LogP contribution < -0.4 is 5.32 Å². The number of rotatable bonds is 3. The topological polar surface area (TPSA) is 75.6 Å². The monoisotopic (exact) mass is 313 g/mol. The molecule has 0 aromatic heterocycles. The van der Waals surface area contributed by atoms with Crippen molar-refractivity contribution in [3.05, 3.63) is 35.4 Å². The Hall–Kier alpha value is -2.18. The number of carboxylic acids is 1. The highest BCUT2D eigenvalue weighted by molar-refractivity contribution is 5.90. The van der Waals surface area contributed by atoms with Crippen LogP contribution in [0.2, 0.25) is 0 Å². The Morgan fingerprint density at radius 3 is 2.55 bits per heavy atom. The first-order valence-corrected chi connectivity index (χ1v) is 6.75. The normalized spacial score (nSPS) is 23.8. The van der Waals surface area contributed by atoms with Gasteiger partial charge in [0.2, 0.25) is 0 Å². The molecule has 22 heavy (non-hydrogen) atoms. The van der Waals surface area contributed by atoms with Gasteiger partial charge in [0.25, 0.3) is 0 Å². The highest BCUT2D eigenvalue weighted by Gasteiger charge is 2.63. The Bertz CT molecular complexity index is 626. The molecule has 0 aliphatic heterocycles. The second-order valence-corrected chi connectivity index (χ2v) is 6.30. The van der Waals surface area contributed by atoms with Crippen LogP contribution in [0.5, 0.6) is 0 Å². The molecule has 1 aliphatic carbocycles. The van der Waals surface area contributed by atoms with Gasteiger partial charge < -0.3 is 15.2 Å². The van der Waals surface area contributed by atoms with Crippen LogP contribution in [0, 0.1) is 11.6 Å². The highest BCUT2D eigenvalue weighted by Crippen LogP contribution is 2.52. The van der Waals surface area contributed by atoms with Gasteiger partial charge in [-0.25, -0.2) is 18.4 Å². The molecule has 0 radical (unpaired) electrons. The molecule has 2 atom stereocenters. The third-order valence-corrected chi connectivity index (χ3v) is 3.42. The van der Waals surface area contributed by atoms with E-state index in [9.17, 15) is 23.5 Å². The van der Waals surface area contributed by atoms with Crippen molar-refractivity contribution in [3.63, 3.8) is 0 Å². The van der Waals surface area contributed by atoms with Gasteiger partial charge in [0.15, 0.2) is 11.6 Å². The number of hydrogen-bond acceptors (Lipinski definition) is 3. The van der Waals surface area contributed by atoms with Crippen LogP contribution in [-0.4, -0.2) is 28.3 Å². The molecule has 2 rings (SSSR count). The summed E-state index contributed by atoms with van der Waals surface area (Å²) in [7, 11) is 0. The van der Waals surface area contributed by atoms with E-state index >= 15 is 0 Å². The molecule has 0 heterocycles. The summed E-state index contributed by atoms with van der Waals surface area (Å²) in [5.41, 5.74) is -2.53. The third kappa shape index (κ3) is 3.03. The van der Waals surface area contributed by atoms with Gasteiger partial charge in [-0.2, -0.15) is 0 Å². The van der Waals surface area contributed by atoms with Crippen LogP contribution in [0.1, 0.15) is 38.7 Å². The van der Waals surface area contributed by atoms with Crippen LogP contribution in [0.3, 0.4) is 0 Å². The Morgan fingerprint density at radius 1 is 1.36 bits per heavy atom. The van der Waals surface area contributed by atoms with Crippen molar-refractivity contribution in [2.75, 3.05) is 0 Å². The first-order valence-electron chi connectivity index (χ1n) is 6.75. The van der Waals surface area contributed by atoms with Gasteiger partial charge in [-0.3, -0.25) is 0 Å². The summed E-state index contributed by atoms with van der Waals surface area (Å²) in [4.78, 5) is 23.3. The lowest BCUT2D eigenvalue weighted by Gasteiger charge is -2.22. The van der Waals surface area contributed by atoms with Crippen molar-refractivity contribution < 1.29 is 28.2 Å². The van der Waals surface area contributed by atoms with Crippen LogP contribution in [-0.2, 0) is 9.53 Å². The summed E-state index contributed by atoms with van der Waals surface area (Å²) in [6, 6.07) is 3.56. The van der Waals surface area contributed by atoms with Gasteiger partial charge in [-0.1, -0.05) is 12.1 Å². The van der Waals surface area contributed by atoms with Crippen molar-refractivity contribution in [2.24, 2.45) is 0 Å². The zero-order chi connectivity index (χ0) is 16.7. The minimum absolute atomic E-state index is 0.0258. The molecule has 1 aromatic carbocycles. The average molecular weight is 313 g/mol. The van der Waals surface area contributed by atoms with Gasteiger partial charge in [0.1, 0.15) is 11.1 Å². The van der Waals surface area contributed by atoms with Gasteiger partial charge >= 0.3 is 12.1 Å². The number of aliphatic carboxylic acids is 1. The molecular formula is C15H17F2NO4. The number of alkyl carbamates (subject to hydrolysis) is 1. The lowest BCUT2D eigenvalue weighted by molar-refractivity contribution is -0.140. The van der Waals surface area contributed by atoms with E-state index in [0.717, 1.165) is 6.07 Å². The van der Waals surface area contributed by atoms with E-state index in [0.29, 0.717) is 0 Å². The van der Waals surface area contributed by atoms with E-state index in [1.54, 1.807) is 20.8 Å². The zero-order valence-corrected chi connectivity index (χ0v) is 12.4. The predicted molar refractivity (Wildman–Crippen MR) is 73.5 cm³/mol. The quantitative estimate of drug-likeness (QED) is 0.899. The lowest BCUT2D eigenvalue weighted by atomic mass is 10.1. The summed E-state index contributed by atoms with van der Waals surface area (Å²) < 4.78 is 32.1. The number of carboxylic acid groups (broad SMARTS) is 1. The SMILES string of the molecule is CC(C)(C)OC(=O)NC1(C(=O)O)CC1c1cccc(F)c1F. The second-order valence-electron chi connectivity index (χ2n) is 6.30. The average Bonchev–Trinajstić information content (AvgIpc) is 3.05. The van der Waals surface area contributed by atoms with Crippen LogP contribution in [0.15, 0.2) is 18.2 Å². The smallest absolute Gasteiger partial charge is 0.408 e. The van der Waals surface area contributed by atoms with Crippen molar-refractivity contribution in [2.45, 2.75) is 44.2 Å². The number of carbonyl (C=O) groups excluding carboxylic acids is 1. The fourth-order valence-electron chi connectivity index (χ4n) is 2.34. The van der Waals surface area contributed by atoms with Crippen LogP contribution >= 0.6 is 0 Å². The van der Waals surface area contributed by atoms with Gasteiger partial charge in [-0.05, 0) is 38.8 Å². The van der Waals surface area contributed by atoms with Crippen LogP contribution in [0.4, 0.5) is 13.6 Å². The standard InChI is InChI=1S/C15H17F2NO4/c1-14(2,3)22-13(21)18-15(12(19)20)7-9(15)8-5-4-6-10(16)11(8)17/h4-6,9H,7H2,1-3H3,(H,18,21)(H,19,20). The molecule has 1 aliphatic rings. The van der Waals surface area contributed by atoms with E-state index in [4.69, 9.17) is 4.74 Å². The minimum atomic E-state index is -1.67. The summed E-state index contributed by atoms with van der Waals surface area (Å²) in [5, 5.41) is 11.6. The number of carbonyl (C=O) groups is 2. The Kier molecular flexibility index (Phi) is 3.85. The molecule has 0 saturated heterocycles. The predicted octanol–water partition coefficient (Wildman–Crippen LogP) is 2.80. The van der Waals surface area contributed by atoms with E-state index < -0.39 is 40.8 Å². The molecule has 1 aromatic rings. The fourth-order valence-corrected chi connectivity index (χ4v) is 2.34. The third-order valence-electron chi connectivity index (χ3n) is 3.42. The lowest BCUT2D eigenvalue weighted by Crippen LogP contribution is -2.46. The highest BCUT2D eigenvalue weighted by atomic mass is 19.2. The largest absolute Gasteiger partial charge is 0.479 e. The molecule has 2 unspecified atom stereocenters. The molecule has 0 spiro atoms. The molecule has 7 heteroatoms. The summed E-state index contributed by atoms with van der Waals surface area (Å²) in [5.74, 6) is -4.30. The number of halogens is 2. The number of ether oxygens (including phenoxy) is 1. The van der Waals surface area contributed by atoms with Gasteiger partial charge in [0, 0.05) is 5.92 Å². The first-order chi connectivity index (χ1) is 10.1. The first kappa shape index (κ1) is 16.2. The maximum atomic E-state index is 13.8. The molecule has 120 valence electrons. The maximum Gasteiger partial charge on any atom is 0.408 e. The number of benzene rings is 1. The summed E-state index contributed by atoms with van der Waals surface area (Å²) in [6.45, 7) is 4.91. The van der Waals surface area contributed by atoms with Crippen molar-refractivity contribution in [3.8, 4) is 0 Å². The van der Waals surface area contributed by atoms with Crippen molar-refractivity contribution >= 4 is 12.1 Å². The molecular weight excluding hydrogens is 296 g/mol. The number of amides is 1. The van der Waals surface area contributed by atoms with Crippen molar-refractivity contribution in [1.29, 1.82) is 0 Å². The zero-order valence-electron chi connectivity index (χ0n) is 12.4. The number of nitrogens with one attached hydrogen (secondary N) is 1. The molecule has 5 nitrogen and oxygen atoms in total. The van der Waals surface area contributed by atoms with Crippen LogP contribution in [0.25, 0.3) is 0 Å². The second kappa shape index (κ2) is 5.23. The molecule has 1 amide bonds. The van der Waals surface area contributed by atoms with Crippen molar-refractivity contribution in [1.82, 2.24) is 5.32 Å². The van der Waals surface area contributed by atoms with Gasteiger partial charge in [-0.15, -0.1) is 0 Å². The summed E-state index contributed by atoms with van der Waals surface area (Å²) in [6.07, 6.45) is -0.934. The molecule has 1 saturated carbocycles. The van der Waals surface area contributed by atoms with E-state index in [1.165, 1.54) is 12.1 Å². The molecule has 0 bridgehead atoms. The summed E-state index contributed by atoms with van der Waals surface area (Å²) >= 11 is 0. The fraction of sp³-hybridized carbons (Fsp3) is 0.467. The Labute approximate surface area is 126 Å². The van der Waals surface area contributed by atoms with E-state index in [2.05, 4.69) is 5.32 Å². The molecule has 1 fully saturated rings. The maximum absolute atomic E-state index is 13.8. The minimum Gasteiger partial charge on any atom is -0.479 e. The van der Waals surface area contributed by atoms with E-state index in [-0.39, 0.29) is 12.0 Å². The number of hydrogen-bond donors (Lipinski definition) is 2. The Morgan fingerprint density at radius 2 is 2.00 bits per heavy atom. The molecule has 2 N–H and O–H groups in total.